The average molecular weight is 189 g/mol. The van der Waals surface area contributed by atoms with E-state index in [-0.39, 0.29) is 4.87 Å². The lowest BCUT2D eigenvalue weighted by Crippen LogP contribution is -2.24. The number of aliphatic imine (C=N–C) groups is 1. The van der Waals surface area contributed by atoms with Gasteiger partial charge in [-0.3, -0.25) is 4.99 Å². The molecule has 0 bridgehead atoms. The van der Waals surface area contributed by atoms with Crippen LogP contribution in [0.1, 0.15) is 27.2 Å². The molecular formula is C8H15NS2. The Kier molecular flexibility index (Phi) is 2.92. The van der Waals surface area contributed by atoms with Gasteiger partial charge in [-0.05, 0) is 26.5 Å². The molecule has 3 heteroatoms. The number of nitrogens with zero attached hydrogens (tertiary/aromatic N) is 1. The smallest absolute Gasteiger partial charge is 0.116 e. The Labute approximate surface area is 77.4 Å². The van der Waals surface area contributed by atoms with E-state index >= 15 is 0 Å². The predicted octanol–water partition coefficient (Wildman–Crippen LogP) is 3.01. The average Bonchev–Trinajstić information content (AvgIpc) is 2.29. The van der Waals surface area contributed by atoms with Crippen LogP contribution in [0.5, 0.6) is 0 Å². The summed E-state index contributed by atoms with van der Waals surface area (Å²) in [6, 6.07) is 0. The molecule has 0 aromatic rings. The van der Waals surface area contributed by atoms with Gasteiger partial charge in [-0.15, -0.1) is 23.5 Å². The van der Waals surface area contributed by atoms with Crippen LogP contribution in [0.4, 0.5) is 0 Å². The Hall–Kier alpha value is 0.370. The summed E-state index contributed by atoms with van der Waals surface area (Å²) in [5, 5.41) is 1.95. The third-order valence-corrected chi connectivity index (χ3v) is 5.01. The van der Waals surface area contributed by atoms with Gasteiger partial charge in [0.25, 0.3) is 0 Å². The molecule has 0 N–H and O–H groups in total. The van der Waals surface area contributed by atoms with E-state index in [1.165, 1.54) is 5.04 Å². The van der Waals surface area contributed by atoms with Crippen LogP contribution >= 0.6 is 23.5 Å². The Morgan fingerprint density at radius 2 is 2.36 bits per heavy atom. The third-order valence-electron chi connectivity index (χ3n) is 2.13. The summed E-state index contributed by atoms with van der Waals surface area (Å²) in [7, 11) is 0. The van der Waals surface area contributed by atoms with Crippen molar-refractivity contribution in [2.24, 2.45) is 4.99 Å². The molecule has 64 valence electrons. The van der Waals surface area contributed by atoms with Crippen LogP contribution < -0.4 is 0 Å². The topological polar surface area (TPSA) is 12.4 Å². The number of rotatable bonds is 2. The van der Waals surface area contributed by atoms with Crippen molar-refractivity contribution in [2.45, 2.75) is 37.3 Å². The van der Waals surface area contributed by atoms with Crippen LogP contribution in [0.3, 0.4) is 0 Å². The van der Waals surface area contributed by atoms with Crippen molar-refractivity contribution in [3.63, 3.8) is 0 Å². The van der Waals surface area contributed by atoms with E-state index in [1.54, 1.807) is 0 Å². The van der Waals surface area contributed by atoms with Gasteiger partial charge in [-0.1, -0.05) is 6.92 Å². The van der Waals surface area contributed by atoms with E-state index in [1.807, 2.05) is 23.5 Å². The maximum absolute atomic E-state index is 4.68. The van der Waals surface area contributed by atoms with Crippen molar-refractivity contribution in [1.82, 2.24) is 0 Å². The zero-order valence-electron chi connectivity index (χ0n) is 7.55. The van der Waals surface area contributed by atoms with Gasteiger partial charge in [0.05, 0.1) is 5.04 Å². The maximum atomic E-state index is 4.68. The summed E-state index contributed by atoms with van der Waals surface area (Å²) in [5.41, 5.74) is 0. The Bertz CT molecular complexity index is 179. The SMILES string of the molecule is CCC1=NC(C)(SC)C(C)S1. The maximum Gasteiger partial charge on any atom is 0.116 e. The van der Waals surface area contributed by atoms with Gasteiger partial charge < -0.3 is 0 Å². The van der Waals surface area contributed by atoms with E-state index in [0.717, 1.165) is 6.42 Å². The Morgan fingerprint density at radius 3 is 2.64 bits per heavy atom. The number of hydrogen-bond acceptors (Lipinski definition) is 3. The molecular weight excluding hydrogens is 174 g/mol. The molecule has 11 heavy (non-hydrogen) atoms. The summed E-state index contributed by atoms with van der Waals surface area (Å²) >= 11 is 3.78. The largest absolute Gasteiger partial charge is 0.265 e. The lowest BCUT2D eigenvalue weighted by molar-refractivity contribution is 0.685. The van der Waals surface area contributed by atoms with Crippen LogP contribution in [0.15, 0.2) is 4.99 Å². The molecule has 1 nitrogen and oxygen atoms in total. The van der Waals surface area contributed by atoms with Gasteiger partial charge >= 0.3 is 0 Å². The molecule has 0 fully saturated rings. The molecule has 0 spiro atoms. The quantitative estimate of drug-likeness (QED) is 0.662. The van der Waals surface area contributed by atoms with Gasteiger partial charge in [0.2, 0.25) is 0 Å². The van der Waals surface area contributed by atoms with Crippen molar-refractivity contribution in [2.75, 3.05) is 6.26 Å². The molecule has 0 amide bonds. The summed E-state index contributed by atoms with van der Waals surface area (Å²) in [4.78, 5) is 4.82. The lowest BCUT2D eigenvalue weighted by atomic mass is 10.2. The predicted molar refractivity (Wildman–Crippen MR) is 56.7 cm³/mol. The molecule has 0 radical (unpaired) electrons. The highest BCUT2D eigenvalue weighted by Crippen LogP contribution is 2.42. The Morgan fingerprint density at radius 1 is 1.73 bits per heavy atom. The second-order valence-corrected chi connectivity index (χ2v) is 5.53. The minimum absolute atomic E-state index is 0.135. The normalized spacial score (nSPS) is 37.5. The minimum Gasteiger partial charge on any atom is -0.265 e. The first-order valence-corrected chi connectivity index (χ1v) is 6.03. The molecule has 0 aromatic carbocycles. The standard InChI is InChI=1S/C8H15NS2/c1-5-7-9-8(3,10-4)6(2)11-7/h6H,5H2,1-4H3. The zero-order valence-corrected chi connectivity index (χ0v) is 9.18. The van der Waals surface area contributed by atoms with Gasteiger partial charge in [-0.2, -0.15) is 0 Å². The molecule has 2 atom stereocenters. The second-order valence-electron chi connectivity index (χ2n) is 2.88. The van der Waals surface area contributed by atoms with Crippen LogP contribution in [-0.2, 0) is 0 Å². The van der Waals surface area contributed by atoms with Crippen LogP contribution in [0, 0.1) is 0 Å². The molecule has 0 saturated carbocycles. The molecule has 0 saturated heterocycles. The van der Waals surface area contributed by atoms with E-state index < -0.39 is 0 Å². The molecule has 0 aromatic heterocycles. The summed E-state index contributed by atoms with van der Waals surface area (Å²) < 4.78 is 0. The first kappa shape index (κ1) is 9.46. The highest BCUT2D eigenvalue weighted by atomic mass is 32.2. The summed E-state index contributed by atoms with van der Waals surface area (Å²) in [5.74, 6) is 0. The second kappa shape index (κ2) is 3.40. The van der Waals surface area contributed by atoms with Crippen molar-refractivity contribution in [1.29, 1.82) is 0 Å². The zero-order chi connectivity index (χ0) is 8.48. The van der Waals surface area contributed by atoms with E-state index in [2.05, 4.69) is 32.0 Å². The molecule has 1 aliphatic rings. The van der Waals surface area contributed by atoms with Gasteiger partial charge in [0.15, 0.2) is 0 Å². The number of thioether (sulfide) groups is 2. The molecule has 1 rings (SSSR count). The van der Waals surface area contributed by atoms with E-state index in [4.69, 9.17) is 0 Å². The van der Waals surface area contributed by atoms with E-state index in [0.29, 0.717) is 5.25 Å². The van der Waals surface area contributed by atoms with Crippen LogP contribution in [0.2, 0.25) is 0 Å². The van der Waals surface area contributed by atoms with Crippen molar-refractivity contribution in [3.05, 3.63) is 0 Å². The highest BCUT2D eigenvalue weighted by molar-refractivity contribution is 8.16. The fourth-order valence-electron chi connectivity index (χ4n) is 1.05. The summed E-state index contributed by atoms with van der Waals surface area (Å²) in [6.45, 7) is 6.65. The van der Waals surface area contributed by atoms with Crippen LogP contribution in [0.25, 0.3) is 0 Å². The third kappa shape index (κ3) is 1.75. The first-order valence-electron chi connectivity index (χ1n) is 3.93. The van der Waals surface area contributed by atoms with Crippen LogP contribution in [-0.4, -0.2) is 21.4 Å². The fourth-order valence-corrected chi connectivity index (χ4v) is 3.16. The highest BCUT2D eigenvalue weighted by Gasteiger charge is 2.36. The van der Waals surface area contributed by atoms with Gasteiger partial charge in [0.1, 0.15) is 4.87 Å². The number of hydrogen-bond donors (Lipinski definition) is 0. The molecule has 1 heterocycles. The summed E-state index contributed by atoms with van der Waals surface area (Å²) in [6.07, 6.45) is 3.23. The monoisotopic (exact) mass is 189 g/mol. The fraction of sp³-hybridized carbons (Fsp3) is 0.875. The van der Waals surface area contributed by atoms with Gasteiger partial charge in [-0.25, -0.2) is 0 Å². The lowest BCUT2D eigenvalue weighted by Gasteiger charge is -2.22. The van der Waals surface area contributed by atoms with Gasteiger partial charge in [0, 0.05) is 5.25 Å². The Balaban J connectivity index is 2.74. The molecule has 0 aliphatic carbocycles. The first-order chi connectivity index (χ1) is 5.12. The molecule has 1 aliphatic heterocycles. The van der Waals surface area contributed by atoms with Crippen molar-refractivity contribution < 1.29 is 0 Å². The minimum atomic E-state index is 0.135. The molecule has 2 unspecified atom stereocenters. The van der Waals surface area contributed by atoms with Crippen molar-refractivity contribution in [3.8, 4) is 0 Å². The van der Waals surface area contributed by atoms with E-state index in [9.17, 15) is 0 Å². The van der Waals surface area contributed by atoms with Crippen molar-refractivity contribution >= 4 is 28.6 Å².